The molecule has 16 heavy (non-hydrogen) atoms. The highest BCUT2D eigenvalue weighted by Crippen LogP contribution is 2.16. The number of halogens is 1. The molecule has 4 heteroatoms. The number of hydrogen-bond acceptors (Lipinski definition) is 1. The van der Waals surface area contributed by atoms with Gasteiger partial charge in [0.25, 0.3) is 0 Å². The normalized spacial score (nSPS) is 17.4. The van der Waals surface area contributed by atoms with Gasteiger partial charge < -0.3 is 15.0 Å². The van der Waals surface area contributed by atoms with E-state index in [2.05, 4.69) is 5.32 Å². The van der Waals surface area contributed by atoms with Gasteiger partial charge in [-0.2, -0.15) is 0 Å². The van der Waals surface area contributed by atoms with Crippen LogP contribution in [0, 0.1) is 5.82 Å². The molecule has 0 spiro atoms. The summed E-state index contributed by atoms with van der Waals surface area (Å²) in [5.74, 6) is 0.0636. The van der Waals surface area contributed by atoms with Gasteiger partial charge in [-0.25, -0.2) is 4.39 Å². The van der Waals surface area contributed by atoms with E-state index in [9.17, 15) is 4.39 Å². The van der Waals surface area contributed by atoms with Crippen molar-refractivity contribution >= 4 is 0 Å². The molecule has 1 aliphatic rings. The Balaban J connectivity index is 2.01. The van der Waals surface area contributed by atoms with E-state index in [1.807, 2.05) is 6.07 Å². The molecule has 0 atom stereocenters. The van der Waals surface area contributed by atoms with Crippen molar-refractivity contribution < 1.29 is 19.3 Å². The molecule has 0 aromatic heterocycles. The van der Waals surface area contributed by atoms with Gasteiger partial charge >= 0.3 is 0 Å². The summed E-state index contributed by atoms with van der Waals surface area (Å²) in [6.45, 7) is 5.58. The van der Waals surface area contributed by atoms with Gasteiger partial charge in [-0.3, -0.25) is 0 Å². The lowest BCUT2D eigenvalue weighted by Gasteiger charge is -2.22. The minimum Gasteiger partial charge on any atom is -0.494 e. The minimum absolute atomic E-state index is 0.261. The number of nitrogens with one attached hydrogen (secondary N) is 1. The fraction of sp³-hybridized carbons (Fsp3) is 0.500. The van der Waals surface area contributed by atoms with E-state index in [1.165, 1.54) is 25.1 Å². The summed E-state index contributed by atoms with van der Waals surface area (Å²) in [6.07, 6.45) is 0. The molecular formula is C12H19FN2O+2. The molecule has 0 saturated carbocycles. The van der Waals surface area contributed by atoms with Crippen molar-refractivity contribution in [2.24, 2.45) is 0 Å². The Labute approximate surface area is 95.2 Å². The molecule has 0 radical (unpaired) electrons. The standard InChI is InChI=1S/C12H17FN2O/c1-16-12-3-2-10(8-11(12)13)9-15-6-4-14-5-7-15/h2-3,8,14H,4-7,9H2,1H3/p+2. The highest BCUT2D eigenvalue weighted by Gasteiger charge is 2.16. The van der Waals surface area contributed by atoms with Crippen LogP contribution in [-0.2, 0) is 6.54 Å². The van der Waals surface area contributed by atoms with Crippen molar-refractivity contribution in [1.82, 2.24) is 0 Å². The van der Waals surface area contributed by atoms with Gasteiger partial charge in [-0.1, -0.05) is 0 Å². The summed E-state index contributed by atoms with van der Waals surface area (Å²) in [6, 6.07) is 5.25. The maximum Gasteiger partial charge on any atom is 0.165 e. The molecule has 1 saturated heterocycles. The van der Waals surface area contributed by atoms with Crippen LogP contribution in [0.5, 0.6) is 5.75 Å². The Kier molecular flexibility index (Phi) is 3.74. The topological polar surface area (TPSA) is 30.3 Å². The number of piperazine rings is 1. The largest absolute Gasteiger partial charge is 0.494 e. The first kappa shape index (κ1) is 11.4. The second kappa shape index (κ2) is 5.27. The average molecular weight is 226 g/mol. The van der Waals surface area contributed by atoms with Crippen molar-refractivity contribution in [3.8, 4) is 5.75 Å². The van der Waals surface area contributed by atoms with E-state index >= 15 is 0 Å². The van der Waals surface area contributed by atoms with Crippen LogP contribution in [0.2, 0.25) is 0 Å². The van der Waals surface area contributed by atoms with E-state index in [1.54, 1.807) is 12.1 Å². The summed E-state index contributed by atoms with van der Waals surface area (Å²) in [4.78, 5) is 1.53. The van der Waals surface area contributed by atoms with Crippen LogP contribution in [0.4, 0.5) is 4.39 Å². The van der Waals surface area contributed by atoms with Gasteiger partial charge in [0.1, 0.15) is 32.7 Å². The Morgan fingerprint density at radius 3 is 2.75 bits per heavy atom. The minimum atomic E-state index is -0.261. The predicted molar refractivity (Wildman–Crippen MR) is 59.0 cm³/mol. The fourth-order valence-electron chi connectivity index (χ4n) is 2.17. The third-order valence-corrected chi connectivity index (χ3v) is 3.07. The lowest BCUT2D eigenvalue weighted by molar-refractivity contribution is -0.958. The first-order valence-electron chi connectivity index (χ1n) is 5.77. The fourth-order valence-corrected chi connectivity index (χ4v) is 2.17. The van der Waals surface area contributed by atoms with Gasteiger partial charge in [-0.05, 0) is 18.2 Å². The zero-order valence-corrected chi connectivity index (χ0v) is 9.63. The van der Waals surface area contributed by atoms with E-state index < -0.39 is 0 Å². The Hall–Kier alpha value is -1.13. The highest BCUT2D eigenvalue weighted by atomic mass is 19.1. The monoisotopic (exact) mass is 226 g/mol. The van der Waals surface area contributed by atoms with E-state index in [0.29, 0.717) is 5.75 Å². The second-order valence-corrected chi connectivity index (χ2v) is 4.26. The quantitative estimate of drug-likeness (QED) is 0.666. The Bertz CT molecular complexity index is 351. The molecule has 1 heterocycles. The summed E-state index contributed by atoms with van der Waals surface area (Å²) >= 11 is 0. The van der Waals surface area contributed by atoms with E-state index in [-0.39, 0.29) is 5.82 Å². The number of benzene rings is 1. The van der Waals surface area contributed by atoms with Gasteiger partial charge in [-0.15, -0.1) is 0 Å². The maximum absolute atomic E-state index is 13.5. The van der Waals surface area contributed by atoms with Crippen LogP contribution in [0.3, 0.4) is 0 Å². The molecule has 2 rings (SSSR count). The number of rotatable bonds is 3. The van der Waals surface area contributed by atoms with Crippen molar-refractivity contribution in [1.29, 1.82) is 0 Å². The van der Waals surface area contributed by atoms with Crippen molar-refractivity contribution in [2.45, 2.75) is 6.54 Å². The number of ether oxygens (including phenoxy) is 1. The van der Waals surface area contributed by atoms with Crippen LogP contribution in [-0.4, -0.2) is 33.3 Å². The van der Waals surface area contributed by atoms with Crippen molar-refractivity contribution in [2.75, 3.05) is 33.3 Å². The molecule has 1 aliphatic heterocycles. The van der Waals surface area contributed by atoms with Crippen molar-refractivity contribution in [3.05, 3.63) is 29.6 Å². The van der Waals surface area contributed by atoms with Gasteiger partial charge in [0.2, 0.25) is 0 Å². The van der Waals surface area contributed by atoms with Crippen LogP contribution in [0.1, 0.15) is 5.56 Å². The zero-order chi connectivity index (χ0) is 11.4. The molecule has 1 fully saturated rings. The highest BCUT2D eigenvalue weighted by molar-refractivity contribution is 5.28. The van der Waals surface area contributed by atoms with Crippen molar-refractivity contribution in [3.63, 3.8) is 0 Å². The number of hydrogen-bond donors (Lipinski definition) is 2. The first-order chi connectivity index (χ1) is 7.79. The molecule has 3 N–H and O–H groups in total. The lowest BCUT2D eigenvalue weighted by atomic mass is 10.2. The van der Waals surface area contributed by atoms with Crippen LogP contribution in [0.25, 0.3) is 0 Å². The molecule has 88 valence electrons. The molecular weight excluding hydrogens is 207 g/mol. The smallest absolute Gasteiger partial charge is 0.165 e. The summed E-state index contributed by atoms with van der Waals surface area (Å²) in [5.41, 5.74) is 1.05. The van der Waals surface area contributed by atoms with Crippen LogP contribution < -0.4 is 15.0 Å². The Morgan fingerprint density at radius 2 is 2.12 bits per heavy atom. The predicted octanol–water partition coefficient (Wildman–Crippen LogP) is -1.20. The third-order valence-electron chi connectivity index (χ3n) is 3.07. The third kappa shape index (κ3) is 2.71. The van der Waals surface area contributed by atoms with Gasteiger partial charge in [0.15, 0.2) is 11.6 Å². The van der Waals surface area contributed by atoms with E-state index in [0.717, 1.165) is 25.2 Å². The molecule has 0 aliphatic carbocycles. The number of quaternary nitrogens is 2. The summed E-state index contributed by atoms with van der Waals surface area (Å²) in [5, 5.41) is 2.33. The molecule has 1 aromatic carbocycles. The second-order valence-electron chi connectivity index (χ2n) is 4.26. The van der Waals surface area contributed by atoms with Gasteiger partial charge in [0, 0.05) is 5.56 Å². The Morgan fingerprint density at radius 1 is 1.38 bits per heavy atom. The molecule has 0 amide bonds. The lowest BCUT2D eigenvalue weighted by Crippen LogP contribution is -3.19. The molecule has 0 bridgehead atoms. The average Bonchev–Trinajstić information content (AvgIpc) is 2.31. The summed E-state index contributed by atoms with van der Waals surface area (Å²) in [7, 11) is 1.49. The zero-order valence-electron chi connectivity index (χ0n) is 9.63. The number of methoxy groups -OCH3 is 1. The maximum atomic E-state index is 13.5. The SMILES string of the molecule is COc1ccc(C[NH+]2CC[NH2+]CC2)cc1F. The molecule has 0 unspecified atom stereocenters. The molecule has 1 aromatic rings. The molecule has 3 nitrogen and oxygen atoms in total. The van der Waals surface area contributed by atoms with Crippen LogP contribution >= 0.6 is 0 Å². The van der Waals surface area contributed by atoms with E-state index in [4.69, 9.17) is 4.74 Å². The van der Waals surface area contributed by atoms with Crippen LogP contribution in [0.15, 0.2) is 18.2 Å². The number of nitrogens with two attached hydrogens (primary N) is 1. The summed E-state index contributed by atoms with van der Waals surface area (Å²) < 4.78 is 18.4. The van der Waals surface area contributed by atoms with Gasteiger partial charge in [0.05, 0.1) is 7.11 Å². The first-order valence-corrected chi connectivity index (χ1v) is 5.77.